The van der Waals surface area contributed by atoms with Crippen molar-refractivity contribution in [2.45, 2.75) is 25.1 Å². The van der Waals surface area contributed by atoms with Gasteiger partial charge in [0.1, 0.15) is 0 Å². The van der Waals surface area contributed by atoms with Crippen LogP contribution in [0, 0.1) is 0 Å². The minimum atomic E-state index is 0.660. The van der Waals surface area contributed by atoms with Crippen LogP contribution in [0.2, 0.25) is 0 Å². The summed E-state index contributed by atoms with van der Waals surface area (Å²) < 4.78 is 1.96. The summed E-state index contributed by atoms with van der Waals surface area (Å²) in [6.45, 7) is 3.21. The van der Waals surface area contributed by atoms with Crippen LogP contribution in [-0.4, -0.2) is 26.7 Å². The molecule has 1 heterocycles. The standard InChI is InChI=1S/C9H15ClN2S/c1-9(3-4-10)13-8-7-12-6-2-5-11-12/h2,5-6,9H,3-4,7-8H2,1H3. The zero-order chi connectivity index (χ0) is 9.52. The van der Waals surface area contributed by atoms with Crippen molar-refractivity contribution in [2.75, 3.05) is 11.6 Å². The highest BCUT2D eigenvalue weighted by Gasteiger charge is 2.00. The molecule has 0 fully saturated rings. The lowest BCUT2D eigenvalue weighted by atomic mass is 10.4. The lowest BCUT2D eigenvalue weighted by molar-refractivity contribution is 0.665. The molecule has 0 N–H and O–H groups in total. The maximum Gasteiger partial charge on any atom is 0.0499 e. The predicted molar refractivity (Wildman–Crippen MR) is 59.5 cm³/mol. The third kappa shape index (κ3) is 4.58. The average Bonchev–Trinajstić information content (AvgIpc) is 2.57. The summed E-state index contributed by atoms with van der Waals surface area (Å²) in [5.74, 6) is 1.87. The van der Waals surface area contributed by atoms with Gasteiger partial charge in [-0.1, -0.05) is 6.92 Å². The van der Waals surface area contributed by atoms with Crippen molar-refractivity contribution in [3.63, 3.8) is 0 Å². The van der Waals surface area contributed by atoms with Gasteiger partial charge in [0, 0.05) is 35.8 Å². The van der Waals surface area contributed by atoms with Crippen LogP contribution in [0.15, 0.2) is 18.5 Å². The van der Waals surface area contributed by atoms with Gasteiger partial charge in [-0.3, -0.25) is 4.68 Å². The Labute approximate surface area is 88.7 Å². The van der Waals surface area contributed by atoms with E-state index in [4.69, 9.17) is 11.6 Å². The quantitative estimate of drug-likeness (QED) is 0.684. The van der Waals surface area contributed by atoms with E-state index in [1.807, 2.05) is 34.9 Å². The third-order valence-electron chi connectivity index (χ3n) is 1.80. The molecule has 1 aromatic rings. The number of thioether (sulfide) groups is 1. The molecule has 0 aliphatic rings. The number of nitrogens with zero attached hydrogens (tertiary/aromatic N) is 2. The number of rotatable bonds is 6. The molecule has 0 saturated heterocycles. The van der Waals surface area contributed by atoms with Crippen LogP contribution in [0.25, 0.3) is 0 Å². The van der Waals surface area contributed by atoms with Crippen molar-refractivity contribution in [1.82, 2.24) is 9.78 Å². The molecule has 74 valence electrons. The molecule has 0 amide bonds. The molecule has 0 aliphatic heterocycles. The molecule has 13 heavy (non-hydrogen) atoms. The summed E-state index contributed by atoms with van der Waals surface area (Å²) in [4.78, 5) is 0. The maximum atomic E-state index is 5.64. The summed E-state index contributed by atoms with van der Waals surface area (Å²) in [7, 11) is 0. The van der Waals surface area contributed by atoms with E-state index in [-0.39, 0.29) is 0 Å². The fourth-order valence-electron chi connectivity index (χ4n) is 1.02. The molecule has 0 saturated carbocycles. The topological polar surface area (TPSA) is 17.8 Å². The van der Waals surface area contributed by atoms with Crippen LogP contribution in [0.3, 0.4) is 0 Å². The van der Waals surface area contributed by atoms with E-state index in [9.17, 15) is 0 Å². The second-order valence-electron chi connectivity index (χ2n) is 2.93. The molecule has 1 aromatic heterocycles. The van der Waals surface area contributed by atoms with Crippen molar-refractivity contribution >= 4 is 23.4 Å². The molecule has 2 nitrogen and oxygen atoms in total. The van der Waals surface area contributed by atoms with E-state index in [1.54, 1.807) is 0 Å². The normalized spacial score (nSPS) is 13.1. The zero-order valence-corrected chi connectivity index (χ0v) is 9.39. The predicted octanol–water partition coefficient (Wildman–Crippen LogP) is 2.63. The Balaban J connectivity index is 2.07. The van der Waals surface area contributed by atoms with Crippen LogP contribution in [0.5, 0.6) is 0 Å². The van der Waals surface area contributed by atoms with E-state index in [0.717, 1.165) is 24.6 Å². The lowest BCUT2D eigenvalue weighted by Gasteiger charge is -2.08. The van der Waals surface area contributed by atoms with Gasteiger partial charge in [0.25, 0.3) is 0 Å². The van der Waals surface area contributed by atoms with Crippen molar-refractivity contribution in [2.24, 2.45) is 0 Å². The van der Waals surface area contributed by atoms with E-state index in [0.29, 0.717) is 5.25 Å². The highest BCUT2D eigenvalue weighted by Crippen LogP contribution is 2.14. The molecule has 0 spiro atoms. The fraction of sp³-hybridized carbons (Fsp3) is 0.667. The number of aromatic nitrogens is 2. The van der Waals surface area contributed by atoms with Crippen LogP contribution in [0.1, 0.15) is 13.3 Å². The van der Waals surface area contributed by atoms with E-state index in [1.165, 1.54) is 0 Å². The SMILES string of the molecule is CC(CCCl)SCCn1cccn1. The molecular weight excluding hydrogens is 204 g/mol. The Kier molecular flexibility index (Phi) is 5.32. The molecule has 4 heteroatoms. The molecule has 1 unspecified atom stereocenters. The average molecular weight is 219 g/mol. The summed E-state index contributed by atoms with van der Waals surface area (Å²) >= 11 is 7.60. The van der Waals surface area contributed by atoms with Gasteiger partial charge in [-0.25, -0.2) is 0 Å². The van der Waals surface area contributed by atoms with Gasteiger partial charge in [-0.05, 0) is 12.5 Å². The number of alkyl halides is 1. The largest absolute Gasteiger partial charge is 0.272 e. The third-order valence-corrected chi connectivity index (χ3v) is 3.24. The van der Waals surface area contributed by atoms with Crippen molar-refractivity contribution in [3.05, 3.63) is 18.5 Å². The Hall–Kier alpha value is -0.150. The van der Waals surface area contributed by atoms with Crippen molar-refractivity contribution in [3.8, 4) is 0 Å². The monoisotopic (exact) mass is 218 g/mol. The fourth-order valence-corrected chi connectivity index (χ4v) is 2.45. The highest BCUT2D eigenvalue weighted by molar-refractivity contribution is 7.99. The van der Waals surface area contributed by atoms with Gasteiger partial charge in [0.05, 0.1) is 0 Å². The lowest BCUT2D eigenvalue weighted by Crippen LogP contribution is -2.04. The summed E-state index contributed by atoms with van der Waals surface area (Å²) in [5, 5.41) is 4.80. The smallest absolute Gasteiger partial charge is 0.0499 e. The Morgan fingerprint density at radius 3 is 3.08 bits per heavy atom. The summed E-state index contributed by atoms with van der Waals surface area (Å²) in [5.41, 5.74) is 0. The van der Waals surface area contributed by atoms with Gasteiger partial charge >= 0.3 is 0 Å². The number of halogens is 1. The minimum Gasteiger partial charge on any atom is -0.272 e. The molecule has 1 rings (SSSR count). The molecule has 1 atom stereocenters. The van der Waals surface area contributed by atoms with Crippen LogP contribution < -0.4 is 0 Å². The first kappa shape index (κ1) is 10.9. The zero-order valence-electron chi connectivity index (χ0n) is 7.82. The molecule has 0 aromatic carbocycles. The second kappa shape index (κ2) is 6.33. The molecular formula is C9H15ClN2S. The molecule has 0 radical (unpaired) electrons. The Bertz CT molecular complexity index is 213. The van der Waals surface area contributed by atoms with Gasteiger partial charge in [-0.2, -0.15) is 16.9 Å². The van der Waals surface area contributed by atoms with Crippen LogP contribution >= 0.6 is 23.4 Å². The second-order valence-corrected chi connectivity index (χ2v) is 4.85. The first-order valence-corrected chi connectivity index (χ1v) is 6.06. The van der Waals surface area contributed by atoms with Crippen LogP contribution in [-0.2, 0) is 6.54 Å². The van der Waals surface area contributed by atoms with Crippen molar-refractivity contribution in [1.29, 1.82) is 0 Å². The van der Waals surface area contributed by atoms with Gasteiger partial charge in [0.15, 0.2) is 0 Å². The molecule has 0 aliphatic carbocycles. The highest BCUT2D eigenvalue weighted by atomic mass is 35.5. The van der Waals surface area contributed by atoms with E-state index < -0.39 is 0 Å². The number of hydrogen-bond donors (Lipinski definition) is 0. The minimum absolute atomic E-state index is 0.660. The number of aryl methyl sites for hydroxylation is 1. The van der Waals surface area contributed by atoms with Gasteiger partial charge in [0.2, 0.25) is 0 Å². The van der Waals surface area contributed by atoms with Crippen molar-refractivity contribution < 1.29 is 0 Å². The first-order chi connectivity index (χ1) is 6.33. The Morgan fingerprint density at radius 1 is 1.62 bits per heavy atom. The summed E-state index contributed by atoms with van der Waals surface area (Å²) in [6, 6.07) is 1.95. The maximum absolute atomic E-state index is 5.64. The van der Waals surface area contributed by atoms with E-state index in [2.05, 4.69) is 12.0 Å². The van der Waals surface area contributed by atoms with Crippen LogP contribution in [0.4, 0.5) is 0 Å². The van der Waals surface area contributed by atoms with E-state index >= 15 is 0 Å². The number of hydrogen-bond acceptors (Lipinski definition) is 2. The molecule has 0 bridgehead atoms. The van der Waals surface area contributed by atoms with Gasteiger partial charge in [-0.15, -0.1) is 11.6 Å². The summed E-state index contributed by atoms with van der Waals surface area (Å²) in [6.07, 6.45) is 4.89. The Morgan fingerprint density at radius 2 is 2.46 bits per heavy atom. The first-order valence-electron chi connectivity index (χ1n) is 4.48. The van der Waals surface area contributed by atoms with Gasteiger partial charge < -0.3 is 0 Å².